The molecule has 0 atom stereocenters. The van der Waals surface area contributed by atoms with E-state index in [-0.39, 0.29) is 0 Å². The maximum atomic E-state index is 4.08. The molecule has 2 aliphatic rings. The Kier molecular flexibility index (Phi) is 6.07. The summed E-state index contributed by atoms with van der Waals surface area (Å²) in [6.07, 6.45) is 15.5. The van der Waals surface area contributed by atoms with E-state index in [1.54, 1.807) is 0 Å². The van der Waals surface area contributed by atoms with Crippen LogP contribution in [0.3, 0.4) is 0 Å². The van der Waals surface area contributed by atoms with Crippen LogP contribution in [0.2, 0.25) is 0 Å². The van der Waals surface area contributed by atoms with Gasteiger partial charge >= 0.3 is 0 Å². The van der Waals surface area contributed by atoms with Crippen molar-refractivity contribution in [2.75, 3.05) is 0 Å². The fraction of sp³-hybridized carbons (Fsp3) is 0.520. The molecule has 0 unspecified atom stereocenters. The predicted octanol–water partition coefficient (Wildman–Crippen LogP) is 7.02. The largest absolute Gasteiger partial charge is 0.303 e. The zero-order chi connectivity index (χ0) is 17.6. The maximum absolute atomic E-state index is 4.08. The van der Waals surface area contributed by atoms with Gasteiger partial charge in [-0.1, -0.05) is 106 Å². The Morgan fingerprint density at radius 1 is 0.538 bits per heavy atom. The molecule has 1 N–H and O–H groups in total. The summed E-state index contributed by atoms with van der Waals surface area (Å²) >= 11 is 0. The Hall–Kier alpha value is -1.60. The summed E-state index contributed by atoms with van der Waals surface area (Å²) in [5, 5.41) is 4.08. The standard InChI is InChI=1S/C25H33N/c1-2-4-6-8-14-20(15-9-7-5-3-1)26-25-23-18-12-10-16-21(23)22-17-11-13-19-24(22)25/h10-13,16-20,25-26H,1-9,14-15H2. The van der Waals surface area contributed by atoms with Crippen LogP contribution in [0, 0.1) is 0 Å². The van der Waals surface area contributed by atoms with Crippen LogP contribution in [-0.4, -0.2) is 6.04 Å². The molecule has 1 heteroatoms. The van der Waals surface area contributed by atoms with Gasteiger partial charge in [-0.25, -0.2) is 0 Å². The van der Waals surface area contributed by atoms with Crippen LogP contribution < -0.4 is 5.32 Å². The van der Waals surface area contributed by atoms with Gasteiger partial charge in [0, 0.05) is 6.04 Å². The normalized spacial score (nSPS) is 20.0. The predicted molar refractivity (Wildman–Crippen MR) is 111 cm³/mol. The molecule has 0 radical (unpaired) electrons. The number of fused-ring (bicyclic) bond motifs is 3. The molecular weight excluding hydrogens is 314 g/mol. The molecule has 0 aliphatic heterocycles. The van der Waals surface area contributed by atoms with Crippen LogP contribution in [-0.2, 0) is 0 Å². The monoisotopic (exact) mass is 347 g/mol. The van der Waals surface area contributed by atoms with Gasteiger partial charge in [-0.3, -0.25) is 0 Å². The molecule has 0 amide bonds. The highest BCUT2D eigenvalue weighted by atomic mass is 15.0. The van der Waals surface area contributed by atoms with Crippen LogP contribution in [0.5, 0.6) is 0 Å². The van der Waals surface area contributed by atoms with Crippen molar-refractivity contribution in [1.82, 2.24) is 5.32 Å². The Morgan fingerprint density at radius 3 is 1.46 bits per heavy atom. The third-order valence-electron chi connectivity index (χ3n) is 6.34. The second-order valence-electron chi connectivity index (χ2n) is 8.23. The highest BCUT2D eigenvalue weighted by Gasteiger charge is 2.29. The smallest absolute Gasteiger partial charge is 0.0591 e. The summed E-state index contributed by atoms with van der Waals surface area (Å²) in [6, 6.07) is 19.0. The average Bonchev–Trinajstić information content (AvgIpc) is 2.98. The van der Waals surface area contributed by atoms with Gasteiger partial charge in [0.15, 0.2) is 0 Å². The minimum atomic E-state index is 0.375. The minimum absolute atomic E-state index is 0.375. The summed E-state index contributed by atoms with van der Waals surface area (Å²) in [5.41, 5.74) is 5.79. The third-order valence-corrected chi connectivity index (χ3v) is 6.34. The van der Waals surface area contributed by atoms with Gasteiger partial charge < -0.3 is 5.32 Å². The lowest BCUT2D eigenvalue weighted by molar-refractivity contribution is 0.385. The summed E-state index contributed by atoms with van der Waals surface area (Å²) in [4.78, 5) is 0. The number of rotatable bonds is 2. The zero-order valence-electron chi connectivity index (χ0n) is 16.1. The Morgan fingerprint density at radius 2 is 0.962 bits per heavy atom. The van der Waals surface area contributed by atoms with Gasteiger partial charge in [0.2, 0.25) is 0 Å². The maximum Gasteiger partial charge on any atom is 0.0591 e. The Labute approximate surface area is 159 Å². The topological polar surface area (TPSA) is 12.0 Å². The molecule has 0 spiro atoms. The lowest BCUT2D eigenvalue weighted by Gasteiger charge is -2.25. The van der Waals surface area contributed by atoms with Crippen molar-refractivity contribution in [3.63, 3.8) is 0 Å². The van der Waals surface area contributed by atoms with Crippen LogP contribution in [0.25, 0.3) is 11.1 Å². The fourth-order valence-electron chi connectivity index (χ4n) is 4.90. The summed E-state index contributed by atoms with van der Waals surface area (Å²) in [6.45, 7) is 0. The van der Waals surface area contributed by atoms with E-state index in [1.165, 1.54) is 92.9 Å². The van der Waals surface area contributed by atoms with Crippen molar-refractivity contribution >= 4 is 0 Å². The van der Waals surface area contributed by atoms with E-state index in [4.69, 9.17) is 0 Å². The molecule has 1 saturated carbocycles. The first-order valence-electron chi connectivity index (χ1n) is 10.9. The minimum Gasteiger partial charge on any atom is -0.303 e. The lowest BCUT2D eigenvalue weighted by Crippen LogP contribution is -2.32. The van der Waals surface area contributed by atoms with E-state index < -0.39 is 0 Å². The number of nitrogens with one attached hydrogen (secondary N) is 1. The Balaban J connectivity index is 1.51. The SMILES string of the molecule is c1ccc2c(c1)-c1ccccc1C2NC1CCCCCCCCCCC1. The molecule has 1 nitrogen and oxygen atoms in total. The van der Waals surface area contributed by atoms with Gasteiger partial charge in [-0.05, 0) is 35.1 Å². The summed E-state index contributed by atoms with van der Waals surface area (Å²) in [5.74, 6) is 0. The van der Waals surface area contributed by atoms with Gasteiger partial charge in [0.1, 0.15) is 0 Å². The molecule has 0 heterocycles. The molecule has 0 aromatic heterocycles. The van der Waals surface area contributed by atoms with Crippen molar-refractivity contribution in [2.24, 2.45) is 0 Å². The van der Waals surface area contributed by atoms with Crippen molar-refractivity contribution in [3.8, 4) is 11.1 Å². The van der Waals surface area contributed by atoms with Crippen LogP contribution in [0.15, 0.2) is 48.5 Å². The number of hydrogen-bond acceptors (Lipinski definition) is 1. The van der Waals surface area contributed by atoms with E-state index in [2.05, 4.69) is 53.8 Å². The van der Waals surface area contributed by atoms with E-state index in [9.17, 15) is 0 Å². The molecular formula is C25H33N. The summed E-state index contributed by atoms with van der Waals surface area (Å²) in [7, 11) is 0. The van der Waals surface area contributed by atoms with E-state index in [0.29, 0.717) is 12.1 Å². The van der Waals surface area contributed by atoms with Crippen LogP contribution in [0.4, 0.5) is 0 Å². The molecule has 2 aromatic rings. The zero-order valence-corrected chi connectivity index (χ0v) is 16.1. The molecule has 2 aliphatic carbocycles. The van der Waals surface area contributed by atoms with E-state index >= 15 is 0 Å². The second-order valence-corrected chi connectivity index (χ2v) is 8.23. The second kappa shape index (κ2) is 8.86. The fourth-order valence-corrected chi connectivity index (χ4v) is 4.90. The summed E-state index contributed by atoms with van der Waals surface area (Å²) < 4.78 is 0. The molecule has 0 bridgehead atoms. The van der Waals surface area contributed by atoms with Gasteiger partial charge in [-0.15, -0.1) is 0 Å². The highest BCUT2D eigenvalue weighted by Crippen LogP contribution is 2.43. The van der Waals surface area contributed by atoms with Crippen LogP contribution >= 0.6 is 0 Å². The third kappa shape index (κ3) is 4.04. The van der Waals surface area contributed by atoms with Crippen molar-refractivity contribution < 1.29 is 0 Å². The first-order chi connectivity index (χ1) is 12.9. The van der Waals surface area contributed by atoms with E-state index in [1.807, 2.05) is 0 Å². The van der Waals surface area contributed by atoms with E-state index in [0.717, 1.165) is 0 Å². The molecule has 138 valence electrons. The molecule has 0 saturated heterocycles. The van der Waals surface area contributed by atoms with Gasteiger partial charge in [-0.2, -0.15) is 0 Å². The molecule has 2 aromatic carbocycles. The first kappa shape index (κ1) is 17.8. The molecule has 26 heavy (non-hydrogen) atoms. The number of benzene rings is 2. The van der Waals surface area contributed by atoms with Crippen LogP contribution in [0.1, 0.15) is 87.8 Å². The van der Waals surface area contributed by atoms with Gasteiger partial charge in [0.25, 0.3) is 0 Å². The average molecular weight is 348 g/mol. The number of hydrogen-bond donors (Lipinski definition) is 1. The Bertz CT molecular complexity index is 647. The highest BCUT2D eigenvalue weighted by molar-refractivity contribution is 5.78. The first-order valence-corrected chi connectivity index (χ1v) is 10.9. The lowest BCUT2D eigenvalue weighted by atomic mass is 9.96. The van der Waals surface area contributed by atoms with Crippen molar-refractivity contribution in [1.29, 1.82) is 0 Å². The van der Waals surface area contributed by atoms with Crippen molar-refractivity contribution in [3.05, 3.63) is 59.7 Å². The molecule has 4 rings (SSSR count). The van der Waals surface area contributed by atoms with Crippen molar-refractivity contribution in [2.45, 2.75) is 82.7 Å². The van der Waals surface area contributed by atoms with Gasteiger partial charge in [0.05, 0.1) is 6.04 Å². The quantitative estimate of drug-likeness (QED) is 0.615. The molecule has 1 fully saturated rings.